The van der Waals surface area contributed by atoms with Crippen molar-refractivity contribution in [3.63, 3.8) is 0 Å². The van der Waals surface area contributed by atoms with Gasteiger partial charge in [-0.25, -0.2) is 17.6 Å². The Bertz CT molecular complexity index is 1440. The molecule has 2 aliphatic rings. The van der Waals surface area contributed by atoms with Crippen molar-refractivity contribution in [3.05, 3.63) is 70.4 Å². The number of nitrogens with zero attached hydrogens (tertiary/aromatic N) is 2. The highest BCUT2D eigenvalue weighted by atomic mass is 32.2. The third-order valence-electron chi connectivity index (χ3n) is 6.43. The molecule has 13 heteroatoms. The van der Waals surface area contributed by atoms with Crippen molar-refractivity contribution in [2.24, 2.45) is 5.92 Å². The Balaban J connectivity index is 1.29. The number of amides is 3. The summed E-state index contributed by atoms with van der Waals surface area (Å²) in [5.41, 5.74) is 0.134. The molecule has 4 rings (SSSR count). The molecule has 0 unspecified atom stereocenters. The first-order chi connectivity index (χ1) is 18.6. The number of ether oxygens (including phenoxy) is 1. The van der Waals surface area contributed by atoms with Crippen LogP contribution in [0.3, 0.4) is 0 Å². The molecule has 2 heterocycles. The van der Waals surface area contributed by atoms with Crippen LogP contribution < -0.4 is 5.32 Å². The van der Waals surface area contributed by atoms with E-state index < -0.39 is 38.9 Å². The van der Waals surface area contributed by atoms with Crippen LogP contribution >= 0.6 is 11.8 Å². The van der Waals surface area contributed by atoms with E-state index in [0.29, 0.717) is 11.8 Å². The molecule has 1 N–H and O–H groups in total. The molecule has 2 aromatic rings. The number of hydrogen-bond donors (Lipinski definition) is 1. The van der Waals surface area contributed by atoms with Crippen molar-refractivity contribution in [2.45, 2.75) is 17.7 Å². The van der Waals surface area contributed by atoms with Crippen LogP contribution in [0.15, 0.2) is 58.3 Å². The lowest BCUT2D eigenvalue weighted by Crippen LogP contribution is -2.44. The molecule has 0 aromatic heterocycles. The van der Waals surface area contributed by atoms with Gasteiger partial charge in [-0.15, -0.1) is 0 Å². The molecule has 0 atom stereocenters. The summed E-state index contributed by atoms with van der Waals surface area (Å²) in [4.78, 5) is 50.6. The highest BCUT2D eigenvalue weighted by molar-refractivity contribution is 8.18. The first-order valence-electron chi connectivity index (χ1n) is 12.1. The molecule has 206 valence electrons. The number of methoxy groups -OCH3 is 1. The normalized spacial score (nSPS) is 18.0. The van der Waals surface area contributed by atoms with E-state index in [-0.39, 0.29) is 65.9 Å². The quantitative estimate of drug-likeness (QED) is 0.376. The van der Waals surface area contributed by atoms with E-state index in [1.54, 1.807) is 12.1 Å². The Kier molecular flexibility index (Phi) is 8.83. The maximum Gasteiger partial charge on any atom is 0.339 e. The molecule has 2 saturated heterocycles. The number of thioether (sulfide) groups is 1. The Morgan fingerprint density at radius 3 is 2.46 bits per heavy atom. The Morgan fingerprint density at radius 2 is 1.77 bits per heavy atom. The van der Waals surface area contributed by atoms with Crippen LogP contribution in [0.5, 0.6) is 0 Å². The summed E-state index contributed by atoms with van der Waals surface area (Å²) in [7, 11) is -2.81. The molecule has 39 heavy (non-hydrogen) atoms. The summed E-state index contributed by atoms with van der Waals surface area (Å²) in [5, 5.41) is 2.20. The minimum absolute atomic E-state index is 0.0227. The average Bonchev–Trinajstić information content (AvgIpc) is 3.21. The smallest absolute Gasteiger partial charge is 0.339 e. The molecule has 3 amide bonds. The lowest BCUT2D eigenvalue weighted by atomic mass is 9.97. The predicted octanol–water partition coefficient (Wildman–Crippen LogP) is 2.87. The van der Waals surface area contributed by atoms with Crippen molar-refractivity contribution in [1.29, 1.82) is 0 Å². The topological polar surface area (TPSA) is 130 Å². The van der Waals surface area contributed by atoms with E-state index in [0.717, 1.165) is 4.90 Å². The molecule has 2 aromatic carbocycles. The van der Waals surface area contributed by atoms with Crippen molar-refractivity contribution in [2.75, 3.05) is 33.3 Å². The molecule has 0 aliphatic carbocycles. The lowest BCUT2D eigenvalue weighted by Gasteiger charge is -2.31. The van der Waals surface area contributed by atoms with E-state index in [1.807, 2.05) is 0 Å². The molecule has 0 saturated carbocycles. The minimum atomic E-state index is -3.98. The second-order valence-corrected chi connectivity index (χ2v) is 11.7. The van der Waals surface area contributed by atoms with Crippen LogP contribution in [0.1, 0.15) is 28.8 Å². The van der Waals surface area contributed by atoms with Gasteiger partial charge in [0, 0.05) is 37.7 Å². The van der Waals surface area contributed by atoms with Gasteiger partial charge in [0.2, 0.25) is 15.9 Å². The summed E-state index contributed by atoms with van der Waals surface area (Å²) in [6.45, 7) is 0.136. The fraction of sp³-hybridized carbons (Fsp3) is 0.308. The summed E-state index contributed by atoms with van der Waals surface area (Å²) >= 11 is 0.705. The van der Waals surface area contributed by atoms with Crippen LogP contribution in [-0.4, -0.2) is 73.9 Å². The summed E-state index contributed by atoms with van der Waals surface area (Å²) in [6, 6.07) is 11.7. The van der Waals surface area contributed by atoms with Gasteiger partial charge >= 0.3 is 5.97 Å². The number of carbonyl (C=O) groups excluding carboxylic acids is 4. The third kappa shape index (κ3) is 6.21. The van der Waals surface area contributed by atoms with Gasteiger partial charge < -0.3 is 10.1 Å². The molecule has 0 radical (unpaired) electrons. The SMILES string of the molecule is COC(=O)c1ccccc1S(=O)(=O)N1CCC(C(=O)NCCN2C(=O)S/C(=C\c3ccccc3F)C2=O)CC1. The fourth-order valence-corrected chi connectivity index (χ4v) is 6.83. The monoisotopic (exact) mass is 575 g/mol. The first kappa shape index (κ1) is 28.5. The molecule has 2 aliphatic heterocycles. The van der Waals surface area contributed by atoms with Gasteiger partial charge in [-0.05, 0) is 48.9 Å². The van der Waals surface area contributed by atoms with Gasteiger partial charge in [-0.3, -0.25) is 19.3 Å². The van der Waals surface area contributed by atoms with Crippen LogP contribution in [0.2, 0.25) is 0 Å². The third-order valence-corrected chi connectivity index (χ3v) is 9.30. The van der Waals surface area contributed by atoms with E-state index >= 15 is 0 Å². The van der Waals surface area contributed by atoms with Crippen molar-refractivity contribution in [3.8, 4) is 0 Å². The Hall–Kier alpha value is -3.55. The zero-order valence-electron chi connectivity index (χ0n) is 21.0. The van der Waals surface area contributed by atoms with Gasteiger partial charge in [0.25, 0.3) is 11.1 Å². The van der Waals surface area contributed by atoms with Crippen molar-refractivity contribution >= 4 is 50.9 Å². The zero-order valence-corrected chi connectivity index (χ0v) is 22.6. The number of benzene rings is 2. The standard InChI is InChI=1S/C26H26FN3O7S2/c1-37-25(33)19-7-3-5-9-22(19)39(35,36)29-13-10-17(11-14-29)23(31)28-12-15-30-24(32)21(38-26(30)34)16-18-6-2-4-8-20(18)27/h2-9,16-17H,10-15H2,1H3,(H,28,31)/b21-16-. The first-order valence-corrected chi connectivity index (χ1v) is 14.3. The zero-order chi connectivity index (χ0) is 28.2. The fourth-order valence-electron chi connectivity index (χ4n) is 4.33. The number of sulfonamides is 1. The second-order valence-electron chi connectivity index (χ2n) is 8.81. The van der Waals surface area contributed by atoms with Crippen LogP contribution in [0.4, 0.5) is 9.18 Å². The van der Waals surface area contributed by atoms with Crippen LogP contribution in [-0.2, 0) is 24.3 Å². The summed E-state index contributed by atoms with van der Waals surface area (Å²) in [6.07, 6.45) is 1.85. The number of nitrogens with one attached hydrogen (secondary N) is 1. The second kappa shape index (κ2) is 12.1. The Labute approximate surface area is 229 Å². The number of carbonyl (C=O) groups is 4. The van der Waals surface area contributed by atoms with Crippen LogP contribution in [0, 0.1) is 11.7 Å². The molecule has 0 bridgehead atoms. The predicted molar refractivity (Wildman–Crippen MR) is 141 cm³/mol. The average molecular weight is 576 g/mol. The molecular formula is C26H26FN3O7S2. The number of esters is 1. The highest BCUT2D eigenvalue weighted by Gasteiger charge is 2.36. The maximum absolute atomic E-state index is 13.9. The van der Waals surface area contributed by atoms with Gasteiger partial charge in [-0.1, -0.05) is 30.3 Å². The van der Waals surface area contributed by atoms with E-state index in [9.17, 15) is 32.0 Å². The Morgan fingerprint density at radius 1 is 1.10 bits per heavy atom. The maximum atomic E-state index is 13.9. The van der Waals surface area contributed by atoms with Gasteiger partial charge in [-0.2, -0.15) is 4.31 Å². The minimum Gasteiger partial charge on any atom is -0.465 e. The number of halogens is 1. The van der Waals surface area contributed by atoms with Gasteiger partial charge in [0.1, 0.15) is 5.82 Å². The largest absolute Gasteiger partial charge is 0.465 e. The van der Waals surface area contributed by atoms with E-state index in [4.69, 9.17) is 4.74 Å². The molecule has 10 nitrogen and oxygen atoms in total. The van der Waals surface area contributed by atoms with Crippen molar-refractivity contribution in [1.82, 2.24) is 14.5 Å². The summed E-state index contributed by atoms with van der Waals surface area (Å²) < 4.78 is 46.2. The lowest BCUT2D eigenvalue weighted by molar-refractivity contribution is -0.127. The van der Waals surface area contributed by atoms with E-state index in [1.165, 1.54) is 53.9 Å². The number of rotatable bonds is 8. The van der Waals surface area contributed by atoms with Gasteiger partial charge in [0.05, 0.1) is 22.5 Å². The van der Waals surface area contributed by atoms with Crippen molar-refractivity contribution < 1.29 is 36.7 Å². The van der Waals surface area contributed by atoms with E-state index in [2.05, 4.69) is 5.32 Å². The highest BCUT2D eigenvalue weighted by Crippen LogP contribution is 2.32. The molecule has 0 spiro atoms. The molecular weight excluding hydrogens is 549 g/mol. The van der Waals surface area contributed by atoms with Crippen LogP contribution in [0.25, 0.3) is 6.08 Å². The van der Waals surface area contributed by atoms with Gasteiger partial charge in [0.15, 0.2) is 0 Å². The number of hydrogen-bond acceptors (Lipinski definition) is 8. The number of imide groups is 1. The summed E-state index contributed by atoms with van der Waals surface area (Å²) in [5.74, 6) is -2.60. The molecule has 2 fully saturated rings. The number of piperidine rings is 1.